The molecule has 6 nitrogen and oxygen atoms in total. The number of hydrogen-bond donors (Lipinski definition) is 2. The van der Waals surface area contributed by atoms with Gasteiger partial charge in [-0.2, -0.15) is 13.2 Å². The first kappa shape index (κ1) is 22.1. The van der Waals surface area contributed by atoms with Crippen LogP contribution < -0.4 is 10.6 Å². The summed E-state index contributed by atoms with van der Waals surface area (Å²) in [4.78, 5) is 28.8. The number of anilines is 2. The Morgan fingerprint density at radius 2 is 1.59 bits per heavy atom. The first-order valence-corrected chi connectivity index (χ1v) is 10.7. The average molecular weight is 446 g/mol. The molecule has 2 N–H and O–H groups in total. The number of benzene rings is 2. The molecule has 1 saturated carbocycles. The number of urea groups is 1. The Morgan fingerprint density at radius 1 is 0.906 bits per heavy atom. The quantitative estimate of drug-likeness (QED) is 0.718. The van der Waals surface area contributed by atoms with Gasteiger partial charge in [-0.3, -0.25) is 9.69 Å². The van der Waals surface area contributed by atoms with Crippen molar-refractivity contribution in [3.8, 4) is 0 Å². The van der Waals surface area contributed by atoms with E-state index in [1.54, 1.807) is 35.2 Å². The zero-order valence-corrected chi connectivity index (χ0v) is 17.5. The van der Waals surface area contributed by atoms with Crippen LogP contribution >= 0.6 is 0 Å². The summed E-state index contributed by atoms with van der Waals surface area (Å²) in [5.74, 6) is -0.514. The maximum absolute atomic E-state index is 13.7. The van der Waals surface area contributed by atoms with E-state index in [0.717, 1.165) is 19.2 Å². The monoisotopic (exact) mass is 446 g/mol. The second-order valence-corrected chi connectivity index (χ2v) is 8.12. The minimum atomic E-state index is -4.70. The number of alkyl halides is 3. The van der Waals surface area contributed by atoms with E-state index in [2.05, 4.69) is 15.5 Å². The van der Waals surface area contributed by atoms with Gasteiger partial charge in [0.2, 0.25) is 0 Å². The molecule has 0 aromatic heterocycles. The SMILES string of the molecule is O=C(Nc1ccc(NC(=O)N2CCN(C3CCC3)CC2)c(C(F)(F)F)c1)c1ccccc1. The van der Waals surface area contributed by atoms with Gasteiger partial charge >= 0.3 is 12.2 Å². The lowest BCUT2D eigenvalue weighted by molar-refractivity contribution is -0.136. The highest BCUT2D eigenvalue weighted by Crippen LogP contribution is 2.37. The summed E-state index contributed by atoms with van der Waals surface area (Å²) in [5.41, 5.74) is -1.01. The maximum atomic E-state index is 13.7. The fraction of sp³-hybridized carbons (Fsp3) is 0.391. The van der Waals surface area contributed by atoms with Crippen molar-refractivity contribution >= 4 is 23.3 Å². The molecule has 0 spiro atoms. The predicted octanol–water partition coefficient (Wildman–Crippen LogP) is 4.66. The molecular formula is C23H25F3N4O2. The van der Waals surface area contributed by atoms with Gasteiger partial charge in [0.25, 0.3) is 5.91 Å². The number of amides is 3. The summed E-state index contributed by atoms with van der Waals surface area (Å²) in [6.07, 6.45) is -1.12. The predicted molar refractivity (Wildman–Crippen MR) is 116 cm³/mol. The Hall–Kier alpha value is -3.07. The number of piperazine rings is 1. The van der Waals surface area contributed by atoms with Crippen molar-refractivity contribution in [1.29, 1.82) is 0 Å². The third kappa shape index (κ3) is 5.04. The van der Waals surface area contributed by atoms with Crippen LogP contribution in [-0.2, 0) is 6.18 Å². The van der Waals surface area contributed by atoms with Crippen molar-refractivity contribution < 1.29 is 22.8 Å². The van der Waals surface area contributed by atoms with Gasteiger partial charge in [0.05, 0.1) is 11.3 Å². The van der Waals surface area contributed by atoms with Gasteiger partial charge in [0.1, 0.15) is 0 Å². The number of halogens is 3. The number of carbonyl (C=O) groups excluding carboxylic acids is 2. The number of hydrogen-bond acceptors (Lipinski definition) is 3. The highest BCUT2D eigenvalue weighted by molar-refractivity contribution is 6.04. The number of nitrogens with one attached hydrogen (secondary N) is 2. The number of carbonyl (C=O) groups is 2. The van der Waals surface area contributed by atoms with Crippen molar-refractivity contribution in [1.82, 2.24) is 9.80 Å². The fourth-order valence-corrected chi connectivity index (χ4v) is 3.99. The Labute approximate surface area is 184 Å². The van der Waals surface area contributed by atoms with E-state index in [4.69, 9.17) is 0 Å². The molecule has 0 unspecified atom stereocenters. The number of nitrogens with zero attached hydrogens (tertiary/aromatic N) is 2. The van der Waals surface area contributed by atoms with Gasteiger partial charge in [-0.1, -0.05) is 24.6 Å². The lowest BCUT2D eigenvalue weighted by Crippen LogP contribution is -2.54. The van der Waals surface area contributed by atoms with E-state index in [0.29, 0.717) is 24.7 Å². The Bertz CT molecular complexity index is 969. The molecule has 2 aliphatic rings. The van der Waals surface area contributed by atoms with E-state index in [1.165, 1.54) is 31.4 Å². The molecule has 32 heavy (non-hydrogen) atoms. The molecule has 0 bridgehead atoms. The summed E-state index contributed by atoms with van der Waals surface area (Å²) in [6, 6.07) is 11.6. The molecule has 1 aliphatic heterocycles. The van der Waals surface area contributed by atoms with Crippen LogP contribution in [0, 0.1) is 0 Å². The Kier molecular flexibility index (Phi) is 6.36. The molecule has 2 aromatic carbocycles. The lowest BCUT2D eigenvalue weighted by Gasteiger charge is -2.42. The van der Waals surface area contributed by atoms with Crippen LogP contribution in [0.4, 0.5) is 29.3 Å². The van der Waals surface area contributed by atoms with Crippen molar-refractivity contribution in [3.63, 3.8) is 0 Å². The average Bonchev–Trinajstić information content (AvgIpc) is 2.74. The molecule has 3 amide bonds. The molecule has 2 aromatic rings. The van der Waals surface area contributed by atoms with Crippen LogP contribution in [0.25, 0.3) is 0 Å². The first-order valence-electron chi connectivity index (χ1n) is 10.7. The molecule has 170 valence electrons. The topological polar surface area (TPSA) is 64.7 Å². The van der Waals surface area contributed by atoms with Crippen molar-refractivity contribution in [3.05, 3.63) is 59.7 Å². The van der Waals surface area contributed by atoms with Crippen LogP contribution in [-0.4, -0.2) is 54.0 Å². The van der Waals surface area contributed by atoms with Crippen molar-refractivity contribution in [2.24, 2.45) is 0 Å². The minimum Gasteiger partial charge on any atom is -0.322 e. The van der Waals surface area contributed by atoms with Crippen LogP contribution in [0.3, 0.4) is 0 Å². The van der Waals surface area contributed by atoms with E-state index < -0.39 is 23.7 Å². The van der Waals surface area contributed by atoms with E-state index >= 15 is 0 Å². The van der Waals surface area contributed by atoms with Crippen LogP contribution in [0.15, 0.2) is 48.5 Å². The van der Waals surface area contributed by atoms with E-state index in [9.17, 15) is 22.8 Å². The normalized spacial score (nSPS) is 17.5. The molecule has 4 rings (SSSR count). The summed E-state index contributed by atoms with van der Waals surface area (Å²) in [5, 5.41) is 4.88. The standard InChI is InChI=1S/C23H25F3N4O2/c24-23(25,26)19-15-17(27-21(31)16-5-2-1-3-6-16)9-10-20(19)28-22(32)30-13-11-29(12-14-30)18-7-4-8-18/h1-3,5-6,9-10,15,18H,4,7-8,11-14H2,(H,27,31)(H,28,32). The maximum Gasteiger partial charge on any atom is 0.418 e. The molecule has 9 heteroatoms. The van der Waals surface area contributed by atoms with Crippen LogP contribution in [0.5, 0.6) is 0 Å². The second-order valence-electron chi connectivity index (χ2n) is 8.12. The number of rotatable bonds is 4. The van der Waals surface area contributed by atoms with Gasteiger partial charge in [-0.25, -0.2) is 4.79 Å². The zero-order valence-electron chi connectivity index (χ0n) is 17.5. The molecule has 1 aliphatic carbocycles. The van der Waals surface area contributed by atoms with Crippen LogP contribution in [0.1, 0.15) is 35.2 Å². The van der Waals surface area contributed by atoms with Gasteiger partial charge in [-0.15, -0.1) is 0 Å². The highest BCUT2D eigenvalue weighted by atomic mass is 19.4. The fourth-order valence-electron chi connectivity index (χ4n) is 3.99. The lowest BCUT2D eigenvalue weighted by atomic mass is 9.91. The van der Waals surface area contributed by atoms with E-state index in [1.807, 2.05) is 0 Å². The first-order chi connectivity index (χ1) is 15.3. The summed E-state index contributed by atoms with van der Waals surface area (Å²) >= 11 is 0. The van der Waals surface area contributed by atoms with E-state index in [-0.39, 0.29) is 11.4 Å². The van der Waals surface area contributed by atoms with Crippen molar-refractivity contribution in [2.45, 2.75) is 31.5 Å². The molecule has 0 radical (unpaired) electrons. The summed E-state index contributed by atoms with van der Waals surface area (Å²) < 4.78 is 41.0. The van der Waals surface area contributed by atoms with Gasteiger partial charge in [-0.05, 0) is 43.2 Å². The second kappa shape index (κ2) is 9.20. The molecular weight excluding hydrogens is 421 g/mol. The van der Waals surface area contributed by atoms with Gasteiger partial charge in [0.15, 0.2) is 0 Å². The third-order valence-electron chi connectivity index (χ3n) is 6.05. The van der Waals surface area contributed by atoms with Crippen molar-refractivity contribution in [2.75, 3.05) is 36.8 Å². The molecule has 0 atom stereocenters. The molecule has 1 saturated heterocycles. The summed E-state index contributed by atoms with van der Waals surface area (Å²) in [7, 11) is 0. The Morgan fingerprint density at radius 3 is 2.19 bits per heavy atom. The molecule has 2 fully saturated rings. The zero-order chi connectivity index (χ0) is 22.7. The Balaban J connectivity index is 1.43. The minimum absolute atomic E-state index is 0.00158. The van der Waals surface area contributed by atoms with Crippen LogP contribution in [0.2, 0.25) is 0 Å². The highest BCUT2D eigenvalue weighted by Gasteiger charge is 2.35. The summed E-state index contributed by atoms with van der Waals surface area (Å²) in [6.45, 7) is 2.42. The smallest absolute Gasteiger partial charge is 0.322 e. The molecule has 1 heterocycles. The third-order valence-corrected chi connectivity index (χ3v) is 6.05. The van der Waals surface area contributed by atoms with Gasteiger partial charge < -0.3 is 15.5 Å². The van der Waals surface area contributed by atoms with Gasteiger partial charge in [0, 0.05) is 43.5 Å². The largest absolute Gasteiger partial charge is 0.418 e.